The van der Waals surface area contributed by atoms with Crippen LogP contribution in [0.15, 0.2) is 48.5 Å². The van der Waals surface area contributed by atoms with Crippen LogP contribution in [0.1, 0.15) is 19.8 Å². The van der Waals surface area contributed by atoms with E-state index >= 15 is 0 Å². The minimum absolute atomic E-state index is 0.279. The molecule has 0 unspecified atom stereocenters. The number of unbranched alkanes of at least 4 members (excludes halogenated alkanes) is 1. The molecule has 0 aromatic heterocycles. The van der Waals surface area contributed by atoms with Crippen LogP contribution < -0.4 is 4.74 Å². The predicted molar refractivity (Wildman–Crippen MR) is 84.8 cm³/mol. The Morgan fingerprint density at radius 3 is 2.05 bits per heavy atom. The fraction of sp³-hybridized carbons (Fsp3) is 0.333. The van der Waals surface area contributed by atoms with Gasteiger partial charge in [-0.05, 0) is 41.8 Å². The highest BCUT2D eigenvalue weighted by Gasteiger charge is 1.99. The molecule has 0 aliphatic rings. The van der Waals surface area contributed by atoms with Crippen molar-refractivity contribution in [1.82, 2.24) is 0 Å². The van der Waals surface area contributed by atoms with Gasteiger partial charge in [-0.25, -0.2) is 0 Å². The van der Waals surface area contributed by atoms with E-state index in [9.17, 15) is 5.11 Å². The molecule has 0 fully saturated rings. The molecular weight excluding hydrogens is 264 g/mol. The summed E-state index contributed by atoms with van der Waals surface area (Å²) in [5, 5.41) is 9.29. The van der Waals surface area contributed by atoms with E-state index in [1.54, 1.807) is 12.1 Å². The van der Waals surface area contributed by atoms with Crippen molar-refractivity contribution >= 4 is 0 Å². The molecule has 0 radical (unpaired) electrons. The highest BCUT2D eigenvalue weighted by atomic mass is 16.5. The van der Waals surface area contributed by atoms with Crippen LogP contribution >= 0.6 is 0 Å². The lowest BCUT2D eigenvalue weighted by atomic mass is 10.1. The fourth-order valence-corrected chi connectivity index (χ4v) is 1.96. The molecule has 21 heavy (non-hydrogen) atoms. The molecule has 0 spiro atoms. The Kier molecular flexibility index (Phi) is 6.10. The normalized spacial score (nSPS) is 10.5. The van der Waals surface area contributed by atoms with Gasteiger partial charge in [-0.15, -0.1) is 0 Å². The van der Waals surface area contributed by atoms with Crippen LogP contribution in [0.2, 0.25) is 0 Å². The second-order valence-corrected chi connectivity index (χ2v) is 4.89. The molecule has 0 aliphatic heterocycles. The quantitative estimate of drug-likeness (QED) is 0.737. The zero-order valence-corrected chi connectivity index (χ0v) is 12.4. The smallest absolute Gasteiger partial charge is 0.119 e. The SMILES string of the molecule is CCCCOCCOc1ccc(-c2ccc(O)cc2)cc1. The molecule has 3 heteroatoms. The maximum absolute atomic E-state index is 9.29. The van der Waals surface area contributed by atoms with Crippen molar-refractivity contribution < 1.29 is 14.6 Å². The molecule has 0 bridgehead atoms. The van der Waals surface area contributed by atoms with Gasteiger partial charge in [0.05, 0.1) is 6.61 Å². The first-order valence-corrected chi connectivity index (χ1v) is 7.39. The average Bonchev–Trinajstić information content (AvgIpc) is 2.52. The van der Waals surface area contributed by atoms with E-state index < -0.39 is 0 Å². The third-order valence-electron chi connectivity index (χ3n) is 3.19. The average molecular weight is 286 g/mol. The van der Waals surface area contributed by atoms with E-state index in [4.69, 9.17) is 9.47 Å². The van der Waals surface area contributed by atoms with Gasteiger partial charge in [0.2, 0.25) is 0 Å². The first-order chi connectivity index (χ1) is 10.3. The van der Waals surface area contributed by atoms with Gasteiger partial charge in [0.1, 0.15) is 18.1 Å². The molecule has 2 aromatic carbocycles. The summed E-state index contributed by atoms with van der Waals surface area (Å²) >= 11 is 0. The van der Waals surface area contributed by atoms with Gasteiger partial charge in [0.25, 0.3) is 0 Å². The third kappa shape index (κ3) is 5.12. The highest BCUT2D eigenvalue weighted by molar-refractivity contribution is 5.64. The summed E-state index contributed by atoms with van der Waals surface area (Å²) in [4.78, 5) is 0. The van der Waals surface area contributed by atoms with Crippen LogP contribution in [0.3, 0.4) is 0 Å². The van der Waals surface area contributed by atoms with Crippen molar-refractivity contribution in [3.63, 3.8) is 0 Å². The van der Waals surface area contributed by atoms with Crippen molar-refractivity contribution in [2.24, 2.45) is 0 Å². The van der Waals surface area contributed by atoms with Gasteiger partial charge >= 0.3 is 0 Å². The Morgan fingerprint density at radius 2 is 1.43 bits per heavy atom. The minimum atomic E-state index is 0.279. The lowest BCUT2D eigenvalue weighted by Crippen LogP contribution is -2.07. The Balaban J connectivity index is 1.80. The van der Waals surface area contributed by atoms with Crippen LogP contribution in [0.5, 0.6) is 11.5 Å². The maximum atomic E-state index is 9.29. The monoisotopic (exact) mass is 286 g/mol. The number of ether oxygens (including phenoxy) is 2. The van der Waals surface area contributed by atoms with Crippen LogP contribution in [0, 0.1) is 0 Å². The summed E-state index contributed by atoms with van der Waals surface area (Å²) in [6, 6.07) is 15.1. The van der Waals surface area contributed by atoms with Gasteiger partial charge in [-0.2, -0.15) is 0 Å². The number of rotatable bonds is 8. The molecule has 0 saturated carbocycles. The van der Waals surface area contributed by atoms with Crippen molar-refractivity contribution in [3.05, 3.63) is 48.5 Å². The molecule has 0 aliphatic carbocycles. The summed E-state index contributed by atoms with van der Waals surface area (Å²) in [6.07, 6.45) is 2.25. The number of phenols is 1. The molecular formula is C18H22O3. The molecule has 112 valence electrons. The van der Waals surface area contributed by atoms with Crippen molar-refractivity contribution in [2.75, 3.05) is 19.8 Å². The molecule has 2 rings (SSSR count). The van der Waals surface area contributed by atoms with Crippen LogP contribution in [-0.2, 0) is 4.74 Å². The van der Waals surface area contributed by atoms with Crippen molar-refractivity contribution in [2.45, 2.75) is 19.8 Å². The number of benzene rings is 2. The molecule has 3 nitrogen and oxygen atoms in total. The van der Waals surface area contributed by atoms with E-state index in [2.05, 4.69) is 6.92 Å². The Hall–Kier alpha value is -2.00. The summed E-state index contributed by atoms with van der Waals surface area (Å²) in [5.41, 5.74) is 2.17. The second-order valence-electron chi connectivity index (χ2n) is 4.89. The molecule has 0 heterocycles. The van der Waals surface area contributed by atoms with E-state index in [0.717, 1.165) is 36.3 Å². The topological polar surface area (TPSA) is 38.7 Å². The third-order valence-corrected chi connectivity index (χ3v) is 3.19. The zero-order chi connectivity index (χ0) is 14.9. The summed E-state index contributed by atoms with van der Waals surface area (Å²) in [7, 11) is 0. The number of hydrogen-bond acceptors (Lipinski definition) is 3. The first kappa shape index (κ1) is 15.4. The lowest BCUT2D eigenvalue weighted by molar-refractivity contribution is 0.0981. The van der Waals surface area contributed by atoms with Gasteiger partial charge in [0.15, 0.2) is 0 Å². The molecule has 2 aromatic rings. The van der Waals surface area contributed by atoms with Crippen LogP contribution in [-0.4, -0.2) is 24.9 Å². The van der Waals surface area contributed by atoms with Gasteiger partial charge in [0, 0.05) is 6.61 Å². The van der Waals surface area contributed by atoms with Crippen LogP contribution in [0.4, 0.5) is 0 Å². The number of phenolic OH excluding ortho intramolecular Hbond substituents is 1. The standard InChI is InChI=1S/C18H22O3/c1-2-3-12-20-13-14-21-18-10-6-16(7-11-18)15-4-8-17(19)9-5-15/h4-11,19H,2-3,12-14H2,1H3. The van der Waals surface area contributed by atoms with Crippen LogP contribution in [0.25, 0.3) is 11.1 Å². The first-order valence-electron chi connectivity index (χ1n) is 7.39. The summed E-state index contributed by atoms with van der Waals surface area (Å²) in [5.74, 6) is 1.12. The molecule has 0 atom stereocenters. The van der Waals surface area contributed by atoms with E-state index in [0.29, 0.717) is 13.2 Å². The lowest BCUT2D eigenvalue weighted by Gasteiger charge is -2.08. The van der Waals surface area contributed by atoms with Crippen molar-refractivity contribution in [3.8, 4) is 22.6 Å². The van der Waals surface area contributed by atoms with E-state index in [1.807, 2.05) is 36.4 Å². The molecule has 1 N–H and O–H groups in total. The summed E-state index contributed by atoms with van der Waals surface area (Å²) in [6.45, 7) is 4.15. The largest absolute Gasteiger partial charge is 0.508 e. The van der Waals surface area contributed by atoms with Gasteiger partial charge in [-0.1, -0.05) is 37.6 Å². The van der Waals surface area contributed by atoms with Gasteiger partial charge in [-0.3, -0.25) is 0 Å². The Morgan fingerprint density at radius 1 is 0.810 bits per heavy atom. The number of hydrogen-bond donors (Lipinski definition) is 1. The summed E-state index contributed by atoms with van der Waals surface area (Å²) < 4.78 is 11.1. The maximum Gasteiger partial charge on any atom is 0.119 e. The van der Waals surface area contributed by atoms with Crippen molar-refractivity contribution in [1.29, 1.82) is 0 Å². The zero-order valence-electron chi connectivity index (χ0n) is 12.4. The molecule has 0 saturated heterocycles. The second kappa shape index (κ2) is 8.32. The Bertz CT molecular complexity index is 517. The predicted octanol–water partition coefficient (Wildman–Crippen LogP) is 4.25. The highest BCUT2D eigenvalue weighted by Crippen LogP contribution is 2.24. The van der Waals surface area contributed by atoms with E-state index in [1.165, 1.54) is 0 Å². The van der Waals surface area contributed by atoms with E-state index in [-0.39, 0.29) is 5.75 Å². The Labute approximate surface area is 126 Å². The van der Waals surface area contributed by atoms with Gasteiger partial charge < -0.3 is 14.6 Å². The minimum Gasteiger partial charge on any atom is -0.508 e. The molecule has 0 amide bonds. The number of aromatic hydroxyl groups is 1. The fourth-order valence-electron chi connectivity index (χ4n) is 1.96.